The van der Waals surface area contributed by atoms with Crippen LogP contribution in [0.5, 0.6) is 0 Å². The van der Waals surface area contributed by atoms with E-state index in [-0.39, 0.29) is 18.5 Å². The molecule has 6 heteroatoms. The number of hydrogen-bond acceptors (Lipinski definition) is 5. The smallest absolute Gasteiger partial charge is 0.305 e. The summed E-state index contributed by atoms with van der Waals surface area (Å²) in [5, 5.41) is 23.3. The minimum atomic E-state index is -0.672. The van der Waals surface area contributed by atoms with Crippen LogP contribution in [0.1, 0.15) is 296 Å². The SMILES string of the molecule is CCCCCC/C=C\CCCCCCCC(=O)OCCCCCCCCCCCCCCCC(=O)NC(CO)C(O)CCCCCCCCCCCCCCCCCCC. The van der Waals surface area contributed by atoms with E-state index >= 15 is 0 Å². The first-order valence-electron chi connectivity index (χ1n) is 26.9. The second kappa shape index (κ2) is 50.2. The van der Waals surface area contributed by atoms with Gasteiger partial charge >= 0.3 is 5.97 Å². The predicted molar refractivity (Wildman–Crippen MR) is 260 cm³/mol. The summed E-state index contributed by atoms with van der Waals surface area (Å²) >= 11 is 0. The van der Waals surface area contributed by atoms with Crippen molar-refractivity contribution in [1.29, 1.82) is 0 Å². The molecule has 0 radical (unpaired) electrons. The van der Waals surface area contributed by atoms with Crippen LogP contribution in [-0.2, 0) is 14.3 Å². The number of aliphatic hydroxyl groups is 2. The summed E-state index contributed by atoms with van der Waals surface area (Å²) in [6.45, 7) is 4.92. The van der Waals surface area contributed by atoms with Gasteiger partial charge in [-0.15, -0.1) is 0 Å². The Morgan fingerprint density at radius 2 is 0.783 bits per heavy atom. The zero-order chi connectivity index (χ0) is 43.7. The lowest BCUT2D eigenvalue weighted by Crippen LogP contribution is -2.45. The highest BCUT2D eigenvalue weighted by atomic mass is 16.5. The maximum Gasteiger partial charge on any atom is 0.305 e. The first-order chi connectivity index (χ1) is 29.5. The van der Waals surface area contributed by atoms with Gasteiger partial charge in [-0.1, -0.05) is 244 Å². The van der Waals surface area contributed by atoms with Crippen molar-refractivity contribution in [3.05, 3.63) is 12.2 Å². The maximum atomic E-state index is 12.5. The van der Waals surface area contributed by atoms with Crippen LogP contribution in [0.25, 0.3) is 0 Å². The zero-order valence-electron chi connectivity index (χ0n) is 40.5. The van der Waals surface area contributed by atoms with Crippen LogP contribution in [-0.4, -0.2) is 47.4 Å². The van der Waals surface area contributed by atoms with Crippen LogP contribution in [0.4, 0.5) is 0 Å². The molecule has 6 nitrogen and oxygen atoms in total. The molecule has 3 N–H and O–H groups in total. The van der Waals surface area contributed by atoms with Gasteiger partial charge in [-0.2, -0.15) is 0 Å². The highest BCUT2D eigenvalue weighted by Crippen LogP contribution is 2.17. The first-order valence-corrected chi connectivity index (χ1v) is 26.9. The summed E-state index contributed by atoms with van der Waals surface area (Å²) in [4.78, 5) is 24.5. The molecule has 0 aliphatic heterocycles. The molecular weight excluding hydrogens is 743 g/mol. The van der Waals surface area contributed by atoms with Crippen LogP contribution in [0.15, 0.2) is 12.2 Å². The van der Waals surface area contributed by atoms with E-state index in [0.717, 1.165) is 51.4 Å². The quantitative estimate of drug-likeness (QED) is 0.0322. The van der Waals surface area contributed by atoms with E-state index in [0.29, 0.717) is 25.9 Å². The molecule has 2 atom stereocenters. The number of aliphatic hydroxyl groups excluding tert-OH is 2. The van der Waals surface area contributed by atoms with Gasteiger partial charge in [0, 0.05) is 12.8 Å². The number of esters is 1. The van der Waals surface area contributed by atoms with E-state index in [4.69, 9.17) is 4.74 Å². The van der Waals surface area contributed by atoms with Crippen molar-refractivity contribution in [2.24, 2.45) is 0 Å². The Kier molecular flexibility index (Phi) is 49.1. The van der Waals surface area contributed by atoms with Crippen molar-refractivity contribution in [1.82, 2.24) is 5.32 Å². The predicted octanol–water partition coefficient (Wildman–Crippen LogP) is 16.1. The van der Waals surface area contributed by atoms with Gasteiger partial charge in [0.2, 0.25) is 5.91 Å². The fourth-order valence-corrected chi connectivity index (χ4v) is 8.40. The molecule has 0 heterocycles. The molecule has 0 spiro atoms. The van der Waals surface area contributed by atoms with Crippen LogP contribution < -0.4 is 5.32 Å². The summed E-state index contributed by atoms with van der Waals surface area (Å²) in [6, 6.07) is -0.551. The van der Waals surface area contributed by atoms with E-state index < -0.39 is 12.1 Å². The standard InChI is InChI=1S/C54H105NO5/c1-3-5-7-9-11-13-15-17-18-19-20-23-26-30-34-38-42-46-52(57)51(50-56)55-53(58)47-43-39-35-31-27-24-21-25-29-33-37-41-45-49-60-54(59)48-44-40-36-32-28-22-16-14-12-10-8-6-4-2/h14,16,51-52,56-57H,3-13,15,17-50H2,1-2H3,(H,55,58)/b16-14-. The molecule has 60 heavy (non-hydrogen) atoms. The number of allylic oxidation sites excluding steroid dienone is 2. The summed E-state index contributed by atoms with van der Waals surface area (Å²) < 4.78 is 5.45. The molecule has 0 rings (SSSR count). The maximum absolute atomic E-state index is 12.5. The Morgan fingerprint density at radius 3 is 1.20 bits per heavy atom. The highest BCUT2D eigenvalue weighted by Gasteiger charge is 2.20. The second-order valence-corrected chi connectivity index (χ2v) is 18.6. The average molecular weight is 848 g/mol. The summed E-state index contributed by atoms with van der Waals surface area (Å²) in [7, 11) is 0. The molecule has 0 saturated heterocycles. The topological polar surface area (TPSA) is 95.9 Å². The van der Waals surface area contributed by atoms with Crippen molar-refractivity contribution in [3.8, 4) is 0 Å². The molecule has 2 unspecified atom stereocenters. The lowest BCUT2D eigenvalue weighted by atomic mass is 10.0. The molecule has 0 fully saturated rings. The largest absolute Gasteiger partial charge is 0.466 e. The fourth-order valence-electron chi connectivity index (χ4n) is 8.40. The normalized spacial score (nSPS) is 12.7. The lowest BCUT2D eigenvalue weighted by Gasteiger charge is -2.22. The number of nitrogens with one attached hydrogen (secondary N) is 1. The molecule has 0 aliphatic rings. The van der Waals surface area contributed by atoms with E-state index in [9.17, 15) is 19.8 Å². The van der Waals surface area contributed by atoms with E-state index in [1.165, 1.54) is 212 Å². The minimum Gasteiger partial charge on any atom is -0.466 e. The number of carbonyl (C=O) groups excluding carboxylic acids is 2. The Labute approximate surface area is 374 Å². The zero-order valence-corrected chi connectivity index (χ0v) is 40.5. The number of amides is 1. The van der Waals surface area contributed by atoms with Gasteiger partial charge in [-0.25, -0.2) is 0 Å². The van der Waals surface area contributed by atoms with Crippen LogP contribution in [0, 0.1) is 0 Å². The Hall–Kier alpha value is -1.40. The first kappa shape index (κ1) is 58.6. The molecule has 0 bridgehead atoms. The van der Waals surface area contributed by atoms with Gasteiger partial charge < -0.3 is 20.3 Å². The number of rotatable bonds is 50. The van der Waals surface area contributed by atoms with Gasteiger partial charge in [-0.05, 0) is 51.4 Å². The second-order valence-electron chi connectivity index (χ2n) is 18.6. The van der Waals surface area contributed by atoms with Crippen molar-refractivity contribution in [2.75, 3.05) is 13.2 Å². The monoisotopic (exact) mass is 848 g/mol. The Balaban J connectivity index is 3.45. The van der Waals surface area contributed by atoms with Gasteiger partial charge in [0.05, 0.1) is 25.4 Å². The molecule has 0 aromatic heterocycles. The Morgan fingerprint density at radius 1 is 0.450 bits per heavy atom. The summed E-state index contributed by atoms with van der Waals surface area (Å²) in [6.07, 6.45) is 57.5. The third-order valence-corrected chi connectivity index (χ3v) is 12.6. The van der Waals surface area contributed by atoms with Crippen LogP contribution in [0.3, 0.4) is 0 Å². The summed E-state index contributed by atoms with van der Waals surface area (Å²) in [5.41, 5.74) is 0. The number of ether oxygens (including phenoxy) is 1. The summed E-state index contributed by atoms with van der Waals surface area (Å²) in [5.74, 6) is -0.0602. The van der Waals surface area contributed by atoms with Crippen molar-refractivity contribution in [3.63, 3.8) is 0 Å². The van der Waals surface area contributed by atoms with Crippen molar-refractivity contribution < 1.29 is 24.5 Å². The average Bonchev–Trinajstić information content (AvgIpc) is 3.25. The minimum absolute atomic E-state index is 0.0141. The third kappa shape index (κ3) is 46.1. The van der Waals surface area contributed by atoms with E-state index in [2.05, 4.69) is 31.3 Å². The molecule has 1 amide bonds. The molecule has 0 aliphatic carbocycles. The molecular formula is C54H105NO5. The molecule has 356 valence electrons. The third-order valence-electron chi connectivity index (χ3n) is 12.6. The van der Waals surface area contributed by atoms with Gasteiger partial charge in [0.1, 0.15) is 0 Å². The van der Waals surface area contributed by atoms with Crippen LogP contribution in [0.2, 0.25) is 0 Å². The van der Waals surface area contributed by atoms with Gasteiger partial charge in [-0.3, -0.25) is 9.59 Å². The number of unbranched alkanes of at least 4 members (excludes halogenated alkanes) is 37. The van der Waals surface area contributed by atoms with Crippen LogP contribution >= 0.6 is 0 Å². The molecule has 0 aromatic rings. The Bertz CT molecular complexity index is 893. The fraction of sp³-hybridized carbons (Fsp3) is 0.926. The molecule has 0 saturated carbocycles. The van der Waals surface area contributed by atoms with Gasteiger partial charge in [0.25, 0.3) is 0 Å². The molecule has 0 aromatic carbocycles. The van der Waals surface area contributed by atoms with E-state index in [1.54, 1.807) is 0 Å². The van der Waals surface area contributed by atoms with Crippen molar-refractivity contribution in [2.45, 2.75) is 309 Å². The van der Waals surface area contributed by atoms with Crippen molar-refractivity contribution >= 4 is 11.9 Å². The van der Waals surface area contributed by atoms with E-state index in [1.807, 2.05) is 0 Å². The lowest BCUT2D eigenvalue weighted by molar-refractivity contribution is -0.143. The number of hydrogen-bond donors (Lipinski definition) is 3. The highest BCUT2D eigenvalue weighted by molar-refractivity contribution is 5.76. The van der Waals surface area contributed by atoms with Gasteiger partial charge in [0.15, 0.2) is 0 Å². The number of carbonyl (C=O) groups is 2.